The summed E-state index contributed by atoms with van der Waals surface area (Å²) in [6.07, 6.45) is 2.12. The molecule has 0 aliphatic carbocycles. The maximum absolute atomic E-state index is 11.1. The van der Waals surface area contributed by atoms with Gasteiger partial charge in [-0.25, -0.2) is 4.79 Å². The van der Waals surface area contributed by atoms with Gasteiger partial charge in [0.05, 0.1) is 10.6 Å². The number of hydrogen-bond donors (Lipinski definition) is 1. The molecule has 2 heterocycles. The molecule has 0 aliphatic rings. The van der Waals surface area contributed by atoms with Crippen LogP contribution in [0.25, 0.3) is 5.65 Å². The summed E-state index contributed by atoms with van der Waals surface area (Å²) in [5, 5.41) is 17.4. The SMILES string of the molecule is CCC(C)(OC)c1nnc2c(Cl)cc(C(=O)O)cn12. The van der Waals surface area contributed by atoms with Gasteiger partial charge < -0.3 is 9.84 Å². The van der Waals surface area contributed by atoms with Crippen molar-refractivity contribution in [2.24, 2.45) is 0 Å². The second-order valence-corrected chi connectivity index (χ2v) is 4.79. The maximum Gasteiger partial charge on any atom is 0.337 e. The van der Waals surface area contributed by atoms with Crippen molar-refractivity contribution in [1.29, 1.82) is 0 Å². The fraction of sp³-hybridized carbons (Fsp3) is 0.417. The number of methoxy groups -OCH3 is 1. The second kappa shape index (κ2) is 4.79. The highest BCUT2D eigenvalue weighted by atomic mass is 35.5. The quantitative estimate of drug-likeness (QED) is 0.932. The Morgan fingerprint density at radius 3 is 2.79 bits per heavy atom. The van der Waals surface area contributed by atoms with E-state index in [1.165, 1.54) is 12.3 Å². The van der Waals surface area contributed by atoms with Crippen LogP contribution >= 0.6 is 11.6 Å². The average Bonchev–Trinajstić information content (AvgIpc) is 2.82. The molecule has 19 heavy (non-hydrogen) atoms. The maximum atomic E-state index is 11.1. The van der Waals surface area contributed by atoms with E-state index in [4.69, 9.17) is 21.4 Å². The third-order valence-electron chi connectivity index (χ3n) is 3.30. The fourth-order valence-corrected chi connectivity index (χ4v) is 2.07. The third-order valence-corrected chi connectivity index (χ3v) is 3.58. The first-order valence-electron chi connectivity index (χ1n) is 5.76. The lowest BCUT2D eigenvalue weighted by Crippen LogP contribution is -2.26. The Morgan fingerprint density at radius 2 is 2.26 bits per heavy atom. The highest BCUT2D eigenvalue weighted by molar-refractivity contribution is 6.33. The summed E-state index contributed by atoms with van der Waals surface area (Å²) in [7, 11) is 1.58. The number of halogens is 1. The predicted octanol–water partition coefficient (Wildman–Crippen LogP) is 2.35. The number of nitrogens with zero attached hydrogens (tertiary/aromatic N) is 3. The molecule has 2 aromatic heterocycles. The van der Waals surface area contributed by atoms with Crippen LogP contribution in [-0.4, -0.2) is 32.8 Å². The van der Waals surface area contributed by atoms with Crippen LogP contribution in [0.3, 0.4) is 0 Å². The fourth-order valence-electron chi connectivity index (χ4n) is 1.83. The number of aromatic carboxylic acids is 1. The number of carboxylic acid groups (broad SMARTS) is 1. The van der Waals surface area contributed by atoms with Crippen molar-refractivity contribution in [2.45, 2.75) is 25.9 Å². The van der Waals surface area contributed by atoms with E-state index < -0.39 is 11.6 Å². The zero-order chi connectivity index (χ0) is 14.2. The molecule has 0 saturated carbocycles. The zero-order valence-corrected chi connectivity index (χ0v) is 11.6. The number of aromatic nitrogens is 3. The van der Waals surface area contributed by atoms with Crippen LogP contribution in [0.1, 0.15) is 36.5 Å². The third kappa shape index (κ3) is 2.17. The van der Waals surface area contributed by atoms with Gasteiger partial charge in [0.2, 0.25) is 0 Å². The molecule has 1 unspecified atom stereocenters. The topological polar surface area (TPSA) is 76.7 Å². The number of pyridine rings is 1. The second-order valence-electron chi connectivity index (χ2n) is 4.39. The Hall–Kier alpha value is -1.66. The molecule has 102 valence electrons. The van der Waals surface area contributed by atoms with Crippen molar-refractivity contribution in [3.8, 4) is 0 Å². The molecule has 1 N–H and O–H groups in total. The van der Waals surface area contributed by atoms with Gasteiger partial charge >= 0.3 is 5.97 Å². The molecule has 0 fully saturated rings. The van der Waals surface area contributed by atoms with Gasteiger partial charge in [-0.1, -0.05) is 18.5 Å². The molecular formula is C12H14ClN3O3. The Morgan fingerprint density at radius 1 is 1.58 bits per heavy atom. The number of rotatable bonds is 4. The summed E-state index contributed by atoms with van der Waals surface area (Å²) in [5.74, 6) is -0.531. The summed E-state index contributed by atoms with van der Waals surface area (Å²) in [5.41, 5.74) is -0.161. The van der Waals surface area contributed by atoms with E-state index in [1.54, 1.807) is 11.5 Å². The Labute approximate surface area is 115 Å². The average molecular weight is 284 g/mol. The summed E-state index contributed by atoms with van der Waals surface area (Å²) < 4.78 is 7.03. The van der Waals surface area contributed by atoms with E-state index in [1.807, 2.05) is 13.8 Å². The molecule has 0 aromatic carbocycles. The van der Waals surface area contributed by atoms with Crippen LogP contribution in [0.4, 0.5) is 0 Å². The summed E-state index contributed by atoms with van der Waals surface area (Å²) in [6.45, 7) is 3.82. The number of fused-ring (bicyclic) bond motifs is 1. The van der Waals surface area contributed by atoms with Gasteiger partial charge in [0.25, 0.3) is 0 Å². The molecule has 6 nitrogen and oxygen atoms in total. The molecule has 0 radical (unpaired) electrons. The number of ether oxygens (including phenoxy) is 1. The van der Waals surface area contributed by atoms with Crippen LogP contribution < -0.4 is 0 Å². The molecule has 0 aliphatic heterocycles. The minimum atomic E-state index is -1.06. The Balaban J connectivity index is 2.74. The van der Waals surface area contributed by atoms with Crippen molar-refractivity contribution in [2.75, 3.05) is 7.11 Å². The molecule has 2 rings (SSSR count). The standard InChI is InChI=1S/C12H14ClN3O3/c1-4-12(2,19-3)11-15-14-9-8(13)5-7(10(17)18)6-16(9)11/h5-6H,4H2,1-3H3,(H,17,18). The van der Waals surface area contributed by atoms with Gasteiger partial charge in [0, 0.05) is 13.3 Å². The first kappa shape index (κ1) is 13.8. The van der Waals surface area contributed by atoms with E-state index in [2.05, 4.69) is 10.2 Å². The van der Waals surface area contributed by atoms with Gasteiger partial charge in [-0.15, -0.1) is 10.2 Å². The van der Waals surface area contributed by atoms with Gasteiger partial charge in [-0.2, -0.15) is 0 Å². The van der Waals surface area contributed by atoms with Crippen LogP contribution in [0, 0.1) is 0 Å². The predicted molar refractivity (Wildman–Crippen MR) is 69.6 cm³/mol. The minimum absolute atomic E-state index is 0.0770. The van der Waals surface area contributed by atoms with E-state index in [-0.39, 0.29) is 10.6 Å². The lowest BCUT2D eigenvalue weighted by atomic mass is 10.0. The largest absolute Gasteiger partial charge is 0.478 e. The monoisotopic (exact) mass is 283 g/mol. The van der Waals surface area contributed by atoms with E-state index >= 15 is 0 Å². The molecule has 7 heteroatoms. The van der Waals surface area contributed by atoms with Crippen LogP contribution in [0.15, 0.2) is 12.3 Å². The molecule has 0 amide bonds. The van der Waals surface area contributed by atoms with Gasteiger partial charge in [0.15, 0.2) is 11.5 Å². The minimum Gasteiger partial charge on any atom is -0.478 e. The Kier molecular flexibility index (Phi) is 3.47. The first-order valence-corrected chi connectivity index (χ1v) is 6.14. The highest BCUT2D eigenvalue weighted by Crippen LogP contribution is 2.29. The van der Waals surface area contributed by atoms with Crippen LogP contribution in [0.5, 0.6) is 0 Å². The smallest absolute Gasteiger partial charge is 0.337 e. The van der Waals surface area contributed by atoms with Gasteiger partial charge in [-0.3, -0.25) is 4.40 Å². The van der Waals surface area contributed by atoms with Crippen molar-refractivity contribution in [1.82, 2.24) is 14.6 Å². The lowest BCUT2D eigenvalue weighted by molar-refractivity contribution is -0.00980. The van der Waals surface area contributed by atoms with E-state index in [0.29, 0.717) is 17.9 Å². The van der Waals surface area contributed by atoms with Crippen LogP contribution in [0.2, 0.25) is 5.02 Å². The first-order chi connectivity index (χ1) is 8.92. The summed E-state index contributed by atoms with van der Waals surface area (Å²) >= 11 is 6.03. The number of carbonyl (C=O) groups is 1. The summed E-state index contributed by atoms with van der Waals surface area (Å²) in [6, 6.07) is 1.35. The van der Waals surface area contributed by atoms with Crippen LogP contribution in [-0.2, 0) is 10.3 Å². The molecule has 0 saturated heterocycles. The molecule has 0 bridgehead atoms. The van der Waals surface area contributed by atoms with Crippen molar-refractivity contribution >= 4 is 23.2 Å². The molecule has 0 spiro atoms. The normalized spacial score (nSPS) is 14.5. The summed E-state index contributed by atoms with van der Waals surface area (Å²) in [4.78, 5) is 11.1. The van der Waals surface area contributed by atoms with Gasteiger partial charge in [0.1, 0.15) is 5.60 Å². The zero-order valence-electron chi connectivity index (χ0n) is 10.8. The number of hydrogen-bond acceptors (Lipinski definition) is 4. The molecule has 1 atom stereocenters. The molecule has 2 aromatic rings. The lowest BCUT2D eigenvalue weighted by Gasteiger charge is -2.24. The number of carboxylic acids is 1. The van der Waals surface area contributed by atoms with E-state index in [9.17, 15) is 4.79 Å². The van der Waals surface area contributed by atoms with Crippen molar-refractivity contribution in [3.05, 3.63) is 28.7 Å². The molecular weight excluding hydrogens is 270 g/mol. The van der Waals surface area contributed by atoms with E-state index in [0.717, 1.165) is 0 Å². The van der Waals surface area contributed by atoms with Gasteiger partial charge in [-0.05, 0) is 19.4 Å². The Bertz CT molecular complexity index is 634. The van der Waals surface area contributed by atoms with Crippen molar-refractivity contribution in [3.63, 3.8) is 0 Å². The highest BCUT2D eigenvalue weighted by Gasteiger charge is 2.30. The van der Waals surface area contributed by atoms with Crippen molar-refractivity contribution < 1.29 is 14.6 Å².